The molecule has 3 N–H and O–H groups in total. The smallest absolute Gasteiger partial charge is 0.237 e. The summed E-state index contributed by atoms with van der Waals surface area (Å²) in [6, 6.07) is 0.166. The Labute approximate surface area is 113 Å². The van der Waals surface area contributed by atoms with Gasteiger partial charge in [-0.1, -0.05) is 12.8 Å². The number of ether oxygens (including phenoxy) is 1. The number of fused-ring (bicyclic) bond motifs is 1. The van der Waals surface area contributed by atoms with Gasteiger partial charge in [-0.15, -0.1) is 0 Å². The van der Waals surface area contributed by atoms with Gasteiger partial charge in [-0.2, -0.15) is 0 Å². The average Bonchev–Trinajstić information content (AvgIpc) is 2.40. The van der Waals surface area contributed by atoms with E-state index in [-0.39, 0.29) is 24.3 Å². The van der Waals surface area contributed by atoms with E-state index in [1.807, 2.05) is 0 Å². The van der Waals surface area contributed by atoms with Gasteiger partial charge in [0.05, 0.1) is 19.1 Å². The van der Waals surface area contributed by atoms with Crippen molar-refractivity contribution in [3.63, 3.8) is 0 Å². The Balaban J connectivity index is 1.79. The van der Waals surface area contributed by atoms with Crippen molar-refractivity contribution in [3.8, 4) is 0 Å². The Kier molecular flexibility index (Phi) is 5.15. The number of nitrogens with one attached hydrogen (secondary N) is 3. The molecule has 1 aliphatic carbocycles. The zero-order valence-corrected chi connectivity index (χ0v) is 11.4. The number of carbonyl (C=O) groups excluding carboxylic acids is 2. The van der Waals surface area contributed by atoms with E-state index in [1.54, 1.807) is 7.11 Å². The van der Waals surface area contributed by atoms with Gasteiger partial charge in [0.2, 0.25) is 11.8 Å². The van der Waals surface area contributed by atoms with Crippen LogP contribution in [0.15, 0.2) is 0 Å². The summed E-state index contributed by atoms with van der Waals surface area (Å²) < 4.78 is 4.86. The molecule has 3 atom stereocenters. The van der Waals surface area contributed by atoms with Crippen LogP contribution in [-0.4, -0.2) is 50.2 Å². The number of methoxy groups -OCH3 is 1. The summed E-state index contributed by atoms with van der Waals surface area (Å²) in [5.74, 6) is -0.163. The Morgan fingerprint density at radius 1 is 1.37 bits per heavy atom. The molecule has 2 aliphatic rings. The maximum atomic E-state index is 11.9. The third-order valence-corrected chi connectivity index (χ3v) is 3.84. The third-order valence-electron chi connectivity index (χ3n) is 3.84. The summed E-state index contributed by atoms with van der Waals surface area (Å²) in [5, 5.41) is 9.10. The standard InChI is InChI=1S/C13H23N3O3/c1-19-7-6-14-12(17)8-11-13(18)16-10-5-3-2-4-9(10)15-11/h9-11,15H,2-8H2,1H3,(H,14,17)(H,16,18)/t9-,10-,11+/m1/s1. The van der Waals surface area contributed by atoms with Gasteiger partial charge in [-0.25, -0.2) is 0 Å². The maximum Gasteiger partial charge on any atom is 0.237 e. The molecular weight excluding hydrogens is 246 g/mol. The first kappa shape index (κ1) is 14.3. The van der Waals surface area contributed by atoms with Crippen molar-refractivity contribution < 1.29 is 14.3 Å². The Morgan fingerprint density at radius 2 is 2.11 bits per heavy atom. The van der Waals surface area contributed by atoms with Crippen molar-refractivity contribution >= 4 is 11.8 Å². The maximum absolute atomic E-state index is 11.9. The van der Waals surface area contributed by atoms with Gasteiger partial charge >= 0.3 is 0 Å². The molecule has 108 valence electrons. The summed E-state index contributed by atoms with van der Waals surface area (Å²) >= 11 is 0. The fourth-order valence-electron chi connectivity index (χ4n) is 2.82. The summed E-state index contributed by atoms with van der Waals surface area (Å²) in [5.41, 5.74) is 0. The first-order chi connectivity index (χ1) is 9.20. The first-order valence-electron chi connectivity index (χ1n) is 7.03. The van der Waals surface area contributed by atoms with Crippen LogP contribution in [0.3, 0.4) is 0 Å². The SMILES string of the molecule is COCCNC(=O)C[C@@H]1N[C@@H]2CCCC[C@H]2NC1=O. The Morgan fingerprint density at radius 3 is 2.84 bits per heavy atom. The predicted octanol–water partition coefficient (Wildman–Crippen LogP) is -0.462. The quantitative estimate of drug-likeness (QED) is 0.590. The van der Waals surface area contributed by atoms with E-state index in [0.29, 0.717) is 19.2 Å². The molecular formula is C13H23N3O3. The van der Waals surface area contributed by atoms with E-state index in [2.05, 4.69) is 16.0 Å². The van der Waals surface area contributed by atoms with Gasteiger partial charge in [0.25, 0.3) is 0 Å². The van der Waals surface area contributed by atoms with Crippen LogP contribution in [0.5, 0.6) is 0 Å². The second-order valence-corrected chi connectivity index (χ2v) is 5.27. The van der Waals surface area contributed by atoms with E-state index in [9.17, 15) is 9.59 Å². The minimum Gasteiger partial charge on any atom is -0.383 e. The van der Waals surface area contributed by atoms with E-state index < -0.39 is 6.04 Å². The van der Waals surface area contributed by atoms with Crippen molar-refractivity contribution in [1.29, 1.82) is 0 Å². The monoisotopic (exact) mass is 269 g/mol. The second-order valence-electron chi connectivity index (χ2n) is 5.27. The lowest BCUT2D eigenvalue weighted by molar-refractivity contribution is -0.131. The number of carbonyl (C=O) groups is 2. The molecule has 6 heteroatoms. The third kappa shape index (κ3) is 3.91. The molecule has 1 saturated carbocycles. The van der Waals surface area contributed by atoms with Gasteiger partial charge in [-0.3, -0.25) is 9.59 Å². The van der Waals surface area contributed by atoms with E-state index in [1.165, 1.54) is 12.8 Å². The van der Waals surface area contributed by atoms with Crippen LogP contribution in [0.1, 0.15) is 32.1 Å². The normalized spacial score (nSPS) is 30.4. The number of rotatable bonds is 5. The molecule has 0 unspecified atom stereocenters. The molecule has 6 nitrogen and oxygen atoms in total. The second kappa shape index (κ2) is 6.86. The molecule has 1 heterocycles. The lowest BCUT2D eigenvalue weighted by atomic mass is 9.87. The highest BCUT2D eigenvalue weighted by atomic mass is 16.5. The highest BCUT2D eigenvalue weighted by Gasteiger charge is 2.36. The Bertz CT molecular complexity index is 335. The van der Waals surface area contributed by atoms with Gasteiger partial charge < -0.3 is 20.7 Å². The first-order valence-corrected chi connectivity index (χ1v) is 7.03. The molecule has 0 radical (unpaired) electrons. The highest BCUT2D eigenvalue weighted by Crippen LogP contribution is 2.22. The lowest BCUT2D eigenvalue weighted by Crippen LogP contribution is -2.65. The fourth-order valence-corrected chi connectivity index (χ4v) is 2.82. The van der Waals surface area contributed by atoms with Gasteiger partial charge in [0.1, 0.15) is 0 Å². The van der Waals surface area contributed by atoms with Crippen molar-refractivity contribution in [2.24, 2.45) is 0 Å². The molecule has 1 aliphatic heterocycles. The van der Waals surface area contributed by atoms with Crippen LogP contribution >= 0.6 is 0 Å². The number of hydrogen-bond acceptors (Lipinski definition) is 4. The molecule has 0 aromatic rings. The molecule has 0 aromatic heterocycles. The molecule has 2 rings (SSSR count). The molecule has 2 amide bonds. The Hall–Kier alpha value is -1.14. The largest absolute Gasteiger partial charge is 0.383 e. The van der Waals surface area contributed by atoms with Crippen LogP contribution in [0.2, 0.25) is 0 Å². The van der Waals surface area contributed by atoms with Crippen molar-refractivity contribution in [2.45, 2.75) is 50.2 Å². The molecule has 0 spiro atoms. The van der Waals surface area contributed by atoms with Crippen molar-refractivity contribution in [1.82, 2.24) is 16.0 Å². The summed E-state index contributed by atoms with van der Waals surface area (Å²) in [6.45, 7) is 0.969. The summed E-state index contributed by atoms with van der Waals surface area (Å²) in [4.78, 5) is 23.6. The van der Waals surface area contributed by atoms with Crippen molar-refractivity contribution in [2.75, 3.05) is 20.3 Å². The highest BCUT2D eigenvalue weighted by molar-refractivity contribution is 5.89. The minimum absolute atomic E-state index is 0.0509. The lowest BCUT2D eigenvalue weighted by Gasteiger charge is -2.40. The van der Waals surface area contributed by atoms with Crippen LogP contribution in [0.25, 0.3) is 0 Å². The minimum atomic E-state index is -0.401. The van der Waals surface area contributed by atoms with Crippen molar-refractivity contribution in [3.05, 3.63) is 0 Å². The number of amides is 2. The molecule has 0 aromatic carbocycles. The molecule has 2 fully saturated rings. The zero-order chi connectivity index (χ0) is 13.7. The average molecular weight is 269 g/mol. The van der Waals surface area contributed by atoms with Crippen LogP contribution in [-0.2, 0) is 14.3 Å². The van der Waals surface area contributed by atoms with Gasteiger partial charge in [0.15, 0.2) is 0 Å². The van der Waals surface area contributed by atoms with E-state index >= 15 is 0 Å². The molecule has 1 saturated heterocycles. The van der Waals surface area contributed by atoms with Crippen LogP contribution < -0.4 is 16.0 Å². The van der Waals surface area contributed by atoms with E-state index in [4.69, 9.17) is 4.74 Å². The van der Waals surface area contributed by atoms with Gasteiger partial charge in [0, 0.05) is 25.7 Å². The summed E-state index contributed by atoms with van der Waals surface area (Å²) in [7, 11) is 1.59. The number of hydrogen-bond donors (Lipinski definition) is 3. The molecule has 19 heavy (non-hydrogen) atoms. The van der Waals surface area contributed by atoms with Gasteiger partial charge in [-0.05, 0) is 12.8 Å². The number of piperazine rings is 1. The topological polar surface area (TPSA) is 79.5 Å². The summed E-state index contributed by atoms with van der Waals surface area (Å²) in [6.07, 6.45) is 4.67. The predicted molar refractivity (Wildman–Crippen MR) is 70.6 cm³/mol. The zero-order valence-electron chi connectivity index (χ0n) is 11.4. The van der Waals surface area contributed by atoms with E-state index in [0.717, 1.165) is 12.8 Å². The van der Waals surface area contributed by atoms with Crippen LogP contribution in [0, 0.1) is 0 Å². The van der Waals surface area contributed by atoms with Crippen LogP contribution in [0.4, 0.5) is 0 Å². The fraction of sp³-hybridized carbons (Fsp3) is 0.846. The molecule has 0 bridgehead atoms.